The molecule has 0 saturated carbocycles. The molecule has 2 aromatic carbocycles. The fourth-order valence-corrected chi connectivity index (χ4v) is 2.38. The molecule has 0 unspecified atom stereocenters. The SMILES string of the molecule is Cc1ccc(S/C(=C\c2ccccc2)C(=O)O)cc1. The highest BCUT2D eigenvalue weighted by molar-refractivity contribution is 8.04. The van der Waals surface area contributed by atoms with Crippen LogP contribution < -0.4 is 0 Å². The van der Waals surface area contributed by atoms with E-state index in [2.05, 4.69) is 0 Å². The van der Waals surface area contributed by atoms with Gasteiger partial charge in [-0.2, -0.15) is 0 Å². The maximum Gasteiger partial charge on any atom is 0.342 e. The van der Waals surface area contributed by atoms with E-state index < -0.39 is 5.97 Å². The molecule has 0 aliphatic rings. The van der Waals surface area contributed by atoms with Gasteiger partial charge in [-0.05, 0) is 30.7 Å². The van der Waals surface area contributed by atoms with Gasteiger partial charge in [-0.3, -0.25) is 0 Å². The Hall–Kier alpha value is -2.00. The van der Waals surface area contributed by atoms with Crippen LogP contribution in [0.15, 0.2) is 64.4 Å². The Morgan fingerprint density at radius 3 is 2.26 bits per heavy atom. The summed E-state index contributed by atoms with van der Waals surface area (Å²) in [5.41, 5.74) is 2.05. The maximum absolute atomic E-state index is 11.3. The molecule has 0 aliphatic carbocycles. The van der Waals surface area contributed by atoms with Crippen LogP contribution in [0, 0.1) is 6.92 Å². The van der Waals surface area contributed by atoms with Crippen LogP contribution in [-0.2, 0) is 4.79 Å². The number of benzene rings is 2. The first-order chi connectivity index (χ1) is 9.15. The van der Waals surface area contributed by atoms with Crippen LogP contribution >= 0.6 is 11.8 Å². The number of hydrogen-bond donors (Lipinski definition) is 1. The van der Waals surface area contributed by atoms with Gasteiger partial charge in [-0.15, -0.1) is 0 Å². The second kappa shape index (κ2) is 6.25. The number of rotatable bonds is 4. The second-order valence-electron chi connectivity index (χ2n) is 4.14. The molecule has 0 fully saturated rings. The van der Waals surface area contributed by atoms with Crippen LogP contribution in [0.3, 0.4) is 0 Å². The summed E-state index contributed by atoms with van der Waals surface area (Å²) in [7, 11) is 0. The summed E-state index contributed by atoms with van der Waals surface area (Å²) in [4.78, 5) is 12.5. The van der Waals surface area contributed by atoms with Gasteiger partial charge in [-0.25, -0.2) is 4.79 Å². The molecule has 19 heavy (non-hydrogen) atoms. The molecule has 0 atom stereocenters. The number of aliphatic carboxylic acids is 1. The van der Waals surface area contributed by atoms with Crippen LogP contribution in [-0.4, -0.2) is 11.1 Å². The van der Waals surface area contributed by atoms with E-state index in [4.69, 9.17) is 0 Å². The van der Waals surface area contributed by atoms with Crippen molar-refractivity contribution >= 4 is 23.8 Å². The standard InChI is InChI=1S/C16H14O2S/c1-12-7-9-14(10-8-12)19-15(16(17)18)11-13-5-3-2-4-6-13/h2-11H,1H3,(H,17,18)/b15-11-. The molecule has 0 amide bonds. The molecule has 2 rings (SSSR count). The van der Waals surface area contributed by atoms with Gasteiger partial charge in [0, 0.05) is 4.90 Å². The van der Waals surface area contributed by atoms with Crippen LogP contribution in [0.2, 0.25) is 0 Å². The third-order valence-electron chi connectivity index (χ3n) is 2.56. The lowest BCUT2D eigenvalue weighted by molar-refractivity contribution is -0.131. The van der Waals surface area contributed by atoms with Gasteiger partial charge in [0.2, 0.25) is 0 Å². The first-order valence-electron chi connectivity index (χ1n) is 5.90. The van der Waals surface area contributed by atoms with E-state index >= 15 is 0 Å². The summed E-state index contributed by atoms with van der Waals surface area (Å²) in [6.07, 6.45) is 1.69. The average molecular weight is 270 g/mol. The Labute approximate surface area is 116 Å². The van der Waals surface area contributed by atoms with E-state index in [-0.39, 0.29) is 0 Å². The number of hydrogen-bond acceptors (Lipinski definition) is 2. The van der Waals surface area contributed by atoms with Gasteiger partial charge in [0.25, 0.3) is 0 Å². The zero-order chi connectivity index (χ0) is 13.7. The van der Waals surface area contributed by atoms with Gasteiger partial charge in [-0.1, -0.05) is 59.8 Å². The monoisotopic (exact) mass is 270 g/mol. The van der Waals surface area contributed by atoms with Crippen molar-refractivity contribution in [1.29, 1.82) is 0 Å². The summed E-state index contributed by atoms with van der Waals surface area (Å²) in [5.74, 6) is -0.908. The summed E-state index contributed by atoms with van der Waals surface area (Å²) in [5, 5.41) is 9.26. The molecule has 0 radical (unpaired) electrons. The van der Waals surface area contributed by atoms with Crippen molar-refractivity contribution in [1.82, 2.24) is 0 Å². The predicted molar refractivity (Wildman–Crippen MR) is 79.1 cm³/mol. The van der Waals surface area contributed by atoms with Crippen molar-refractivity contribution in [2.24, 2.45) is 0 Å². The van der Waals surface area contributed by atoms with Crippen LogP contribution in [0.4, 0.5) is 0 Å². The first kappa shape index (κ1) is 13.4. The molecule has 0 aliphatic heterocycles. The zero-order valence-electron chi connectivity index (χ0n) is 10.5. The smallest absolute Gasteiger partial charge is 0.342 e. The lowest BCUT2D eigenvalue weighted by Gasteiger charge is -2.03. The van der Waals surface area contributed by atoms with Crippen molar-refractivity contribution in [2.45, 2.75) is 11.8 Å². The molecule has 0 bridgehead atoms. The number of carbonyl (C=O) groups is 1. The minimum absolute atomic E-state index is 0.315. The third kappa shape index (κ3) is 4.00. The summed E-state index contributed by atoms with van der Waals surface area (Å²) in [6.45, 7) is 2.01. The van der Waals surface area contributed by atoms with E-state index in [1.807, 2.05) is 61.5 Å². The minimum atomic E-state index is -0.908. The maximum atomic E-state index is 11.3. The second-order valence-corrected chi connectivity index (χ2v) is 5.25. The van der Waals surface area contributed by atoms with E-state index in [1.165, 1.54) is 11.8 Å². The van der Waals surface area contributed by atoms with E-state index in [0.29, 0.717) is 4.91 Å². The Balaban J connectivity index is 2.24. The minimum Gasteiger partial charge on any atom is -0.477 e. The molecule has 3 heteroatoms. The lowest BCUT2D eigenvalue weighted by Crippen LogP contribution is -1.96. The molecular weight excluding hydrogens is 256 g/mol. The van der Waals surface area contributed by atoms with Gasteiger partial charge < -0.3 is 5.11 Å². The van der Waals surface area contributed by atoms with Crippen LogP contribution in [0.1, 0.15) is 11.1 Å². The van der Waals surface area contributed by atoms with Crippen molar-refractivity contribution < 1.29 is 9.90 Å². The van der Waals surface area contributed by atoms with Gasteiger partial charge in [0.1, 0.15) is 0 Å². The quantitative estimate of drug-likeness (QED) is 0.668. The largest absolute Gasteiger partial charge is 0.477 e. The topological polar surface area (TPSA) is 37.3 Å². The molecule has 2 nitrogen and oxygen atoms in total. The molecule has 0 aromatic heterocycles. The molecule has 0 saturated heterocycles. The number of carboxylic acid groups (broad SMARTS) is 1. The first-order valence-corrected chi connectivity index (χ1v) is 6.71. The predicted octanol–water partition coefficient (Wildman–Crippen LogP) is 4.21. The highest BCUT2D eigenvalue weighted by atomic mass is 32.2. The summed E-state index contributed by atoms with van der Waals surface area (Å²) < 4.78 is 0. The summed E-state index contributed by atoms with van der Waals surface area (Å²) in [6, 6.07) is 17.3. The Bertz CT molecular complexity index is 586. The average Bonchev–Trinajstić information content (AvgIpc) is 2.41. The van der Waals surface area contributed by atoms with Gasteiger partial charge in [0.15, 0.2) is 0 Å². The van der Waals surface area contributed by atoms with E-state index in [1.54, 1.807) is 6.08 Å². The molecule has 0 heterocycles. The van der Waals surface area contributed by atoms with Gasteiger partial charge in [0.05, 0.1) is 4.91 Å². The fourth-order valence-electron chi connectivity index (χ4n) is 1.57. The van der Waals surface area contributed by atoms with Crippen LogP contribution in [0.5, 0.6) is 0 Å². The Kier molecular flexibility index (Phi) is 4.42. The number of aryl methyl sites for hydroxylation is 1. The number of thioether (sulfide) groups is 1. The molecular formula is C16H14O2S. The fraction of sp³-hybridized carbons (Fsp3) is 0.0625. The lowest BCUT2D eigenvalue weighted by atomic mass is 10.2. The third-order valence-corrected chi connectivity index (χ3v) is 3.58. The molecule has 1 N–H and O–H groups in total. The molecule has 2 aromatic rings. The molecule has 96 valence electrons. The van der Waals surface area contributed by atoms with Crippen molar-refractivity contribution in [3.63, 3.8) is 0 Å². The molecule has 0 spiro atoms. The zero-order valence-corrected chi connectivity index (χ0v) is 11.4. The highest BCUT2D eigenvalue weighted by Crippen LogP contribution is 2.28. The normalized spacial score (nSPS) is 11.3. The van der Waals surface area contributed by atoms with Crippen molar-refractivity contribution in [3.05, 3.63) is 70.6 Å². The van der Waals surface area contributed by atoms with E-state index in [0.717, 1.165) is 16.0 Å². The Morgan fingerprint density at radius 1 is 1.05 bits per heavy atom. The summed E-state index contributed by atoms with van der Waals surface area (Å²) >= 11 is 1.26. The van der Waals surface area contributed by atoms with Crippen LogP contribution in [0.25, 0.3) is 6.08 Å². The van der Waals surface area contributed by atoms with Crippen molar-refractivity contribution in [2.75, 3.05) is 0 Å². The van der Waals surface area contributed by atoms with E-state index in [9.17, 15) is 9.90 Å². The Morgan fingerprint density at radius 2 is 1.68 bits per heavy atom. The van der Waals surface area contributed by atoms with Gasteiger partial charge >= 0.3 is 5.97 Å². The van der Waals surface area contributed by atoms with Crippen molar-refractivity contribution in [3.8, 4) is 0 Å². The highest BCUT2D eigenvalue weighted by Gasteiger charge is 2.09. The number of carboxylic acids is 1.